The van der Waals surface area contributed by atoms with Crippen LogP contribution in [0.15, 0.2) is 200 Å². The zero-order chi connectivity index (χ0) is 49.9. The number of nitrogens with zero attached hydrogens (tertiary/aromatic N) is 4. The van der Waals surface area contributed by atoms with Gasteiger partial charge in [-0.1, -0.05) is 146 Å². The second-order valence-corrected chi connectivity index (χ2v) is 21.9. The van der Waals surface area contributed by atoms with Crippen molar-refractivity contribution in [3.05, 3.63) is 239 Å². The first kappa shape index (κ1) is 44.8. The number of pyridine rings is 1. The molecule has 4 saturated carbocycles. The molecule has 0 saturated heterocycles. The molecular weight excluding hydrogens is 911 g/mol. The van der Waals surface area contributed by atoms with Crippen molar-refractivity contribution < 1.29 is 8.78 Å². The van der Waals surface area contributed by atoms with Crippen molar-refractivity contribution in [3.63, 3.8) is 0 Å². The molecule has 0 amide bonds. The molecule has 4 bridgehead atoms. The Morgan fingerprint density at radius 3 is 1.76 bits per heavy atom. The van der Waals surface area contributed by atoms with Crippen LogP contribution in [-0.2, 0) is 11.3 Å². The Bertz CT molecular complexity index is 3710. The first-order valence-electron chi connectivity index (χ1n) is 26.6. The molecule has 3 heterocycles. The van der Waals surface area contributed by atoms with Gasteiger partial charge in [-0.3, -0.25) is 4.57 Å². The Morgan fingerprint density at radius 1 is 0.500 bits per heavy atom. The largest absolute Gasteiger partial charge is 0.321 e. The first-order chi connectivity index (χ1) is 36.1. The third kappa shape index (κ3) is 6.86. The van der Waals surface area contributed by atoms with Crippen molar-refractivity contribution in [1.82, 2.24) is 9.55 Å². The summed E-state index contributed by atoms with van der Waals surface area (Å²) in [7, 11) is 0. The molecule has 6 heteroatoms. The van der Waals surface area contributed by atoms with Crippen molar-refractivity contribution in [2.24, 2.45) is 23.7 Å². The van der Waals surface area contributed by atoms with Crippen LogP contribution in [0.3, 0.4) is 0 Å². The number of anilines is 4. The minimum atomic E-state index is -3.33. The van der Waals surface area contributed by atoms with Gasteiger partial charge in [0, 0.05) is 50.3 Å². The molecule has 10 aromatic rings. The minimum Gasteiger partial charge on any atom is -0.321 e. The van der Waals surface area contributed by atoms with Crippen LogP contribution in [0.2, 0.25) is 0 Å². The van der Waals surface area contributed by atoms with E-state index in [4.69, 9.17) is 4.98 Å². The van der Waals surface area contributed by atoms with Crippen molar-refractivity contribution >= 4 is 44.6 Å². The molecule has 74 heavy (non-hydrogen) atoms. The maximum Gasteiger partial charge on any atom is 0.298 e. The molecule has 364 valence electrons. The second-order valence-electron chi connectivity index (χ2n) is 21.9. The van der Waals surface area contributed by atoms with Crippen LogP contribution < -0.4 is 9.80 Å². The standard InChI is InChI=1S/C68H58F2N4/c1-43-32-53(33-44(2)45(43)3)67(54-35-46-34-47(37-54)38-55(67)36-46)50-30-31-71-65(41-50)74-61-25-11-10-22-59(61)60-29-28-52(40-64(60)74)68(69,70)51-20-14-21-56(39-51)72-42-73(63-27-13-12-26-62(63)72)66-57(48-16-6-4-7-17-48)23-15-24-58(66)49-18-8-5-9-19-49/h4-33,39-41,46-47,54-55H,34-38,42H2,1-3H3. The lowest BCUT2D eigenvalue weighted by atomic mass is 9.42. The molecule has 0 radical (unpaired) electrons. The lowest BCUT2D eigenvalue weighted by Gasteiger charge is -2.62. The van der Waals surface area contributed by atoms with E-state index < -0.39 is 5.92 Å². The number of aryl methyl sites for hydroxylation is 2. The summed E-state index contributed by atoms with van der Waals surface area (Å²) in [6.07, 6.45) is 8.38. The van der Waals surface area contributed by atoms with Crippen LogP contribution >= 0.6 is 0 Å². The predicted octanol–water partition coefficient (Wildman–Crippen LogP) is 17.6. The van der Waals surface area contributed by atoms with E-state index in [1.165, 1.54) is 59.9 Å². The van der Waals surface area contributed by atoms with Gasteiger partial charge in [0.15, 0.2) is 0 Å². The van der Waals surface area contributed by atoms with Crippen LogP contribution in [-0.4, -0.2) is 16.2 Å². The first-order valence-corrected chi connectivity index (χ1v) is 26.6. The number of rotatable bonds is 9. The Hall–Kier alpha value is -7.83. The van der Waals surface area contributed by atoms with Gasteiger partial charge >= 0.3 is 0 Å². The van der Waals surface area contributed by atoms with E-state index in [2.05, 4.69) is 156 Å². The quantitative estimate of drug-likeness (QED) is 0.144. The highest BCUT2D eigenvalue weighted by atomic mass is 19.3. The Balaban J connectivity index is 0.865. The number of hydrogen-bond acceptors (Lipinski definition) is 3. The summed E-state index contributed by atoms with van der Waals surface area (Å²) < 4.78 is 37.6. The third-order valence-corrected chi connectivity index (χ3v) is 18.1. The van der Waals surface area contributed by atoms with E-state index in [-0.39, 0.29) is 16.5 Å². The maximum atomic E-state index is 17.7. The molecule has 0 unspecified atom stereocenters. The van der Waals surface area contributed by atoms with Gasteiger partial charge in [0.25, 0.3) is 5.92 Å². The van der Waals surface area contributed by atoms with Crippen molar-refractivity contribution in [2.75, 3.05) is 16.5 Å². The topological polar surface area (TPSA) is 24.3 Å². The SMILES string of the molecule is Cc1cc(C2(c3ccnc(-n4c5ccccc5c5ccc(C(F)(F)c6cccc(N7CN(c8c(-c9ccccc9)cccc8-c8ccccc8)c8ccccc87)c6)cc54)c3)C3CC4CC(C3)CC2C4)cc(C)c1C. The van der Waals surface area contributed by atoms with Gasteiger partial charge in [-0.05, 0) is 164 Å². The second kappa shape index (κ2) is 17.1. The molecule has 5 aliphatic rings. The Labute approximate surface area is 432 Å². The molecular formula is C68H58F2N4. The number of para-hydroxylation sites is 4. The number of halogens is 2. The highest BCUT2D eigenvalue weighted by molar-refractivity contribution is 6.09. The fraction of sp³-hybridized carbons (Fsp3) is 0.221. The van der Waals surface area contributed by atoms with Gasteiger partial charge in [0.2, 0.25) is 0 Å². The van der Waals surface area contributed by atoms with Gasteiger partial charge in [0.05, 0.1) is 28.1 Å². The van der Waals surface area contributed by atoms with E-state index in [1.807, 2.05) is 48.7 Å². The lowest BCUT2D eigenvalue weighted by Crippen LogP contribution is -2.56. The lowest BCUT2D eigenvalue weighted by molar-refractivity contribution is -0.0419. The number of alkyl halides is 2. The molecule has 2 aromatic heterocycles. The molecule has 4 nitrogen and oxygen atoms in total. The highest BCUT2D eigenvalue weighted by Crippen LogP contribution is 2.65. The van der Waals surface area contributed by atoms with Crippen molar-refractivity contribution in [1.29, 1.82) is 0 Å². The van der Waals surface area contributed by atoms with E-state index in [9.17, 15) is 0 Å². The van der Waals surface area contributed by atoms with Gasteiger partial charge in [-0.25, -0.2) is 4.98 Å². The fourth-order valence-electron chi connectivity index (χ4n) is 14.7. The molecule has 0 spiro atoms. The summed E-state index contributed by atoms with van der Waals surface area (Å²) >= 11 is 0. The zero-order valence-electron chi connectivity index (χ0n) is 42.1. The van der Waals surface area contributed by atoms with Crippen LogP contribution in [0.1, 0.15) is 71.0 Å². The van der Waals surface area contributed by atoms with E-state index in [0.29, 0.717) is 24.2 Å². The Kier molecular flexibility index (Phi) is 10.4. The number of hydrogen-bond donors (Lipinski definition) is 0. The number of fused-ring (bicyclic) bond motifs is 4. The van der Waals surface area contributed by atoms with E-state index >= 15 is 8.78 Å². The smallest absolute Gasteiger partial charge is 0.298 e. The minimum absolute atomic E-state index is 0.0572. The summed E-state index contributed by atoms with van der Waals surface area (Å²) in [4.78, 5) is 9.64. The molecule has 0 N–H and O–H groups in total. The van der Waals surface area contributed by atoms with Crippen LogP contribution in [0, 0.1) is 44.4 Å². The van der Waals surface area contributed by atoms with Gasteiger partial charge < -0.3 is 9.80 Å². The van der Waals surface area contributed by atoms with Gasteiger partial charge in [-0.15, -0.1) is 0 Å². The molecule has 4 aliphatic carbocycles. The summed E-state index contributed by atoms with van der Waals surface area (Å²) in [5, 5.41) is 1.94. The van der Waals surface area contributed by atoms with Crippen molar-refractivity contribution in [3.8, 4) is 28.1 Å². The molecule has 15 rings (SSSR count). The van der Waals surface area contributed by atoms with Crippen LogP contribution in [0.5, 0.6) is 0 Å². The molecule has 0 atom stereocenters. The fourth-order valence-corrected chi connectivity index (χ4v) is 14.7. The normalized spacial score (nSPS) is 21.0. The monoisotopic (exact) mass is 968 g/mol. The van der Waals surface area contributed by atoms with E-state index in [0.717, 1.165) is 78.8 Å². The average Bonchev–Trinajstić information content (AvgIpc) is 4.05. The summed E-state index contributed by atoms with van der Waals surface area (Å²) in [6.45, 7) is 7.21. The molecule has 4 fully saturated rings. The van der Waals surface area contributed by atoms with Crippen molar-refractivity contribution in [2.45, 2.75) is 64.2 Å². The maximum absolute atomic E-state index is 17.7. The Morgan fingerprint density at radius 2 is 1.08 bits per heavy atom. The highest BCUT2D eigenvalue weighted by Gasteiger charge is 2.59. The zero-order valence-corrected chi connectivity index (χ0v) is 42.1. The van der Waals surface area contributed by atoms with Gasteiger partial charge in [0.1, 0.15) is 12.5 Å². The summed E-state index contributed by atoms with van der Waals surface area (Å²) in [5.41, 5.74) is 16.4. The van der Waals surface area contributed by atoms with Crippen LogP contribution in [0.4, 0.5) is 31.5 Å². The summed E-state index contributed by atoms with van der Waals surface area (Å²) in [5.74, 6) is 0.132. The number of aromatic nitrogens is 2. The summed E-state index contributed by atoms with van der Waals surface area (Å²) in [6, 6.07) is 65.9. The van der Waals surface area contributed by atoms with E-state index in [1.54, 1.807) is 30.3 Å². The number of benzene rings is 8. The molecule has 8 aromatic carbocycles. The van der Waals surface area contributed by atoms with Gasteiger partial charge in [-0.2, -0.15) is 8.78 Å². The molecule has 1 aliphatic heterocycles. The average molecular weight is 969 g/mol. The predicted molar refractivity (Wildman–Crippen MR) is 299 cm³/mol. The van der Waals surface area contributed by atoms with Crippen LogP contribution in [0.25, 0.3) is 49.9 Å². The third-order valence-electron chi connectivity index (χ3n) is 18.1.